The fourth-order valence-corrected chi connectivity index (χ4v) is 3.73. The predicted molar refractivity (Wildman–Crippen MR) is 102 cm³/mol. The fourth-order valence-electron chi connectivity index (χ4n) is 3.73. The van der Waals surface area contributed by atoms with E-state index in [2.05, 4.69) is 0 Å². The lowest BCUT2D eigenvalue weighted by atomic mass is 10.2. The smallest absolute Gasteiger partial charge is 0.306 e. The zero-order valence-corrected chi connectivity index (χ0v) is 17.5. The summed E-state index contributed by atoms with van der Waals surface area (Å²) in [4.78, 5) is 26.7. The highest BCUT2D eigenvalue weighted by atomic mass is 16.5. The molecule has 8 nitrogen and oxygen atoms in total. The topological polar surface area (TPSA) is 79.9 Å². The molecular weight excluding hydrogens is 364 g/mol. The number of hydrogen-bond acceptors (Lipinski definition) is 6. The molecule has 2 fully saturated rings. The molecule has 0 radical (unpaired) electrons. The molecule has 0 aromatic carbocycles. The van der Waals surface area contributed by atoms with Crippen molar-refractivity contribution in [2.75, 3.05) is 65.7 Å². The minimum atomic E-state index is -0.183. The van der Waals surface area contributed by atoms with Crippen molar-refractivity contribution in [1.29, 1.82) is 0 Å². The van der Waals surface area contributed by atoms with E-state index >= 15 is 0 Å². The highest BCUT2D eigenvalue weighted by molar-refractivity contribution is 5.70. The number of carbonyl (C=O) groups is 2. The summed E-state index contributed by atoms with van der Waals surface area (Å²) in [5, 5.41) is 0. The molecule has 2 rings (SSSR count). The lowest BCUT2D eigenvalue weighted by Gasteiger charge is -2.26. The Morgan fingerprint density at radius 3 is 1.46 bits per heavy atom. The lowest BCUT2D eigenvalue weighted by Crippen LogP contribution is -3.15. The van der Waals surface area contributed by atoms with Gasteiger partial charge >= 0.3 is 11.9 Å². The average Bonchev–Trinajstić information content (AvgIpc) is 2.66. The van der Waals surface area contributed by atoms with Gasteiger partial charge in [-0.1, -0.05) is 0 Å². The van der Waals surface area contributed by atoms with Gasteiger partial charge in [-0.05, 0) is 26.7 Å². The van der Waals surface area contributed by atoms with Crippen molar-refractivity contribution in [2.24, 2.45) is 0 Å². The quantitative estimate of drug-likeness (QED) is 0.315. The van der Waals surface area contributed by atoms with Crippen LogP contribution in [0.2, 0.25) is 0 Å². The van der Waals surface area contributed by atoms with E-state index in [1.165, 1.54) is 9.80 Å². The molecule has 0 saturated carbocycles. The Morgan fingerprint density at radius 2 is 1.11 bits per heavy atom. The lowest BCUT2D eigenvalue weighted by molar-refractivity contribution is -0.910. The number of quaternary nitrogens is 2. The van der Waals surface area contributed by atoms with E-state index in [4.69, 9.17) is 18.9 Å². The molecule has 2 saturated heterocycles. The third-order valence-electron chi connectivity index (χ3n) is 5.23. The van der Waals surface area contributed by atoms with Gasteiger partial charge in [-0.15, -0.1) is 0 Å². The van der Waals surface area contributed by atoms with E-state index in [0.717, 1.165) is 65.7 Å². The third-order valence-corrected chi connectivity index (χ3v) is 5.23. The van der Waals surface area contributed by atoms with Gasteiger partial charge in [0.2, 0.25) is 0 Å². The van der Waals surface area contributed by atoms with E-state index in [1.54, 1.807) is 0 Å². The van der Waals surface area contributed by atoms with Crippen LogP contribution in [0.1, 0.15) is 39.5 Å². The van der Waals surface area contributed by atoms with E-state index in [1.807, 2.05) is 13.8 Å². The molecule has 0 amide bonds. The molecule has 2 atom stereocenters. The summed E-state index contributed by atoms with van der Waals surface area (Å²) >= 11 is 0. The summed E-state index contributed by atoms with van der Waals surface area (Å²) in [5.74, 6) is -0.365. The second-order valence-corrected chi connectivity index (χ2v) is 7.94. The Bertz CT molecular complexity index is 422. The first-order valence-electron chi connectivity index (χ1n) is 10.7. The monoisotopic (exact) mass is 402 g/mol. The van der Waals surface area contributed by atoms with Crippen LogP contribution in [0.5, 0.6) is 0 Å². The highest BCUT2D eigenvalue weighted by Gasteiger charge is 2.21. The summed E-state index contributed by atoms with van der Waals surface area (Å²) < 4.78 is 21.6. The molecule has 0 aromatic rings. The number of carbonyl (C=O) groups excluding carboxylic acids is 2. The van der Waals surface area contributed by atoms with Gasteiger partial charge in [0.05, 0.1) is 26.4 Å². The SMILES string of the molecule is C[C@@H](C[NH+]1CCOCC1)OC(=O)CCCCC(=O)O[C@@H](C)C[NH+]1CCOCC1. The van der Waals surface area contributed by atoms with E-state index in [9.17, 15) is 9.59 Å². The van der Waals surface area contributed by atoms with Crippen LogP contribution in [0.15, 0.2) is 0 Å². The molecule has 8 heteroatoms. The standard InChI is InChI=1S/C20H36N2O6/c1-17(15-21-7-11-25-12-8-21)27-19(23)5-3-4-6-20(24)28-18(2)16-22-9-13-26-14-10-22/h17-18H,3-16H2,1-2H3/p+2/t17-,18-/m0/s1. The zero-order valence-electron chi connectivity index (χ0n) is 17.5. The van der Waals surface area contributed by atoms with Crippen LogP contribution in [0, 0.1) is 0 Å². The minimum Gasteiger partial charge on any atom is -0.457 e. The van der Waals surface area contributed by atoms with E-state index in [-0.39, 0.29) is 24.1 Å². The molecular formula is C20H38N2O6+2. The first-order valence-corrected chi connectivity index (χ1v) is 10.7. The number of unbranched alkanes of at least 4 members (excludes halogenated alkanes) is 1. The maximum atomic E-state index is 12.0. The van der Waals surface area contributed by atoms with Crippen molar-refractivity contribution in [1.82, 2.24) is 0 Å². The average molecular weight is 403 g/mol. The largest absolute Gasteiger partial charge is 0.457 e. The fraction of sp³-hybridized carbons (Fsp3) is 0.900. The van der Waals surface area contributed by atoms with Gasteiger partial charge < -0.3 is 28.7 Å². The van der Waals surface area contributed by atoms with Crippen LogP contribution in [0.25, 0.3) is 0 Å². The maximum Gasteiger partial charge on any atom is 0.306 e. The second kappa shape index (κ2) is 13.1. The number of nitrogens with one attached hydrogen (secondary N) is 2. The van der Waals surface area contributed by atoms with Crippen molar-refractivity contribution in [2.45, 2.75) is 51.7 Å². The van der Waals surface area contributed by atoms with Crippen LogP contribution in [-0.2, 0) is 28.5 Å². The van der Waals surface area contributed by atoms with Crippen molar-refractivity contribution in [3.8, 4) is 0 Å². The molecule has 0 spiro atoms. The molecule has 0 unspecified atom stereocenters. The van der Waals surface area contributed by atoms with Crippen molar-refractivity contribution in [3.05, 3.63) is 0 Å². The van der Waals surface area contributed by atoms with Crippen LogP contribution in [-0.4, -0.2) is 89.8 Å². The van der Waals surface area contributed by atoms with Crippen molar-refractivity contribution in [3.63, 3.8) is 0 Å². The van der Waals surface area contributed by atoms with Gasteiger partial charge in [0, 0.05) is 12.8 Å². The van der Waals surface area contributed by atoms with Crippen molar-refractivity contribution >= 4 is 11.9 Å². The molecule has 28 heavy (non-hydrogen) atoms. The third kappa shape index (κ3) is 9.82. The molecule has 0 aromatic heterocycles. The second-order valence-electron chi connectivity index (χ2n) is 7.94. The molecule has 2 N–H and O–H groups in total. The Labute approximate surface area is 168 Å². The molecule has 0 aliphatic carbocycles. The Kier molecular flexibility index (Phi) is 10.8. The van der Waals surface area contributed by atoms with Gasteiger partial charge in [-0.2, -0.15) is 0 Å². The first-order chi connectivity index (χ1) is 13.5. The number of rotatable bonds is 11. The molecule has 0 bridgehead atoms. The highest BCUT2D eigenvalue weighted by Crippen LogP contribution is 2.05. The number of morpholine rings is 2. The Balaban J connectivity index is 1.48. The van der Waals surface area contributed by atoms with Gasteiger partial charge in [-0.3, -0.25) is 9.59 Å². The number of hydrogen-bond donors (Lipinski definition) is 2. The number of esters is 2. The molecule has 2 aliphatic heterocycles. The summed E-state index contributed by atoms with van der Waals surface area (Å²) in [6, 6.07) is 0. The first kappa shape index (κ1) is 23.1. The zero-order chi connectivity index (χ0) is 20.2. The van der Waals surface area contributed by atoms with Crippen molar-refractivity contribution < 1.29 is 38.3 Å². The maximum absolute atomic E-state index is 12.0. The van der Waals surface area contributed by atoms with Crippen LogP contribution >= 0.6 is 0 Å². The normalized spacial score (nSPS) is 21.1. The summed E-state index contributed by atoms with van der Waals surface area (Å²) in [6.07, 6.45) is 1.82. The van der Waals surface area contributed by atoms with Crippen LogP contribution < -0.4 is 9.80 Å². The van der Waals surface area contributed by atoms with Gasteiger partial charge in [-0.25, -0.2) is 0 Å². The van der Waals surface area contributed by atoms with Crippen LogP contribution in [0.4, 0.5) is 0 Å². The molecule has 162 valence electrons. The van der Waals surface area contributed by atoms with E-state index in [0.29, 0.717) is 25.7 Å². The van der Waals surface area contributed by atoms with Gasteiger partial charge in [0.1, 0.15) is 51.5 Å². The predicted octanol–water partition coefficient (Wildman–Crippen LogP) is -1.76. The van der Waals surface area contributed by atoms with Gasteiger partial charge in [0.25, 0.3) is 0 Å². The summed E-state index contributed by atoms with van der Waals surface area (Å²) in [7, 11) is 0. The Hall–Kier alpha value is -1.22. The number of ether oxygens (including phenoxy) is 4. The van der Waals surface area contributed by atoms with E-state index < -0.39 is 0 Å². The summed E-state index contributed by atoms with van der Waals surface area (Å²) in [6.45, 7) is 12.5. The molecule has 2 aliphatic rings. The summed E-state index contributed by atoms with van der Waals surface area (Å²) in [5.41, 5.74) is 0. The Morgan fingerprint density at radius 1 is 0.750 bits per heavy atom. The minimum absolute atomic E-state index is 0.0888. The molecule has 2 heterocycles. The van der Waals surface area contributed by atoms with Crippen LogP contribution in [0.3, 0.4) is 0 Å². The van der Waals surface area contributed by atoms with Gasteiger partial charge in [0.15, 0.2) is 0 Å².